The molecule has 0 bridgehead atoms. The molecule has 5 heteroatoms. The number of nitrogens with zero attached hydrogens (tertiary/aromatic N) is 1. The van der Waals surface area contributed by atoms with Crippen LogP contribution < -0.4 is 10.9 Å². The quantitative estimate of drug-likeness (QED) is 0.507. The van der Waals surface area contributed by atoms with E-state index in [1.54, 1.807) is 5.01 Å². The van der Waals surface area contributed by atoms with E-state index < -0.39 is 11.7 Å². The lowest BCUT2D eigenvalue weighted by atomic mass is 9.99. The SMILES string of the molecule is CCCC(c1ccc(C(F)(F)F)cc1)N(N)c1ccc(C(C)C)cc1. The van der Waals surface area contributed by atoms with Crippen molar-refractivity contribution in [1.29, 1.82) is 0 Å². The summed E-state index contributed by atoms with van der Waals surface area (Å²) in [5.41, 5.74) is 2.21. The highest BCUT2D eigenvalue weighted by atomic mass is 19.4. The first-order valence-corrected chi connectivity index (χ1v) is 8.55. The van der Waals surface area contributed by atoms with Gasteiger partial charge < -0.3 is 5.01 Å². The molecule has 0 aliphatic carbocycles. The Bertz CT molecular complexity index is 661. The minimum Gasteiger partial charge on any atom is -0.304 e. The Kier molecular flexibility index (Phi) is 6.11. The van der Waals surface area contributed by atoms with Crippen molar-refractivity contribution >= 4 is 5.69 Å². The van der Waals surface area contributed by atoms with Gasteiger partial charge in [-0.15, -0.1) is 0 Å². The highest BCUT2D eigenvalue weighted by Crippen LogP contribution is 2.33. The summed E-state index contributed by atoms with van der Waals surface area (Å²) in [4.78, 5) is 0. The summed E-state index contributed by atoms with van der Waals surface area (Å²) in [5, 5.41) is 1.65. The molecule has 0 aliphatic heterocycles. The Morgan fingerprint density at radius 3 is 1.88 bits per heavy atom. The number of halogens is 3. The molecule has 0 heterocycles. The Labute approximate surface area is 147 Å². The largest absolute Gasteiger partial charge is 0.416 e. The van der Waals surface area contributed by atoms with E-state index in [9.17, 15) is 13.2 Å². The monoisotopic (exact) mass is 350 g/mol. The van der Waals surface area contributed by atoms with Gasteiger partial charge in [-0.1, -0.05) is 51.5 Å². The molecule has 0 saturated carbocycles. The topological polar surface area (TPSA) is 29.3 Å². The Morgan fingerprint density at radius 2 is 1.44 bits per heavy atom. The van der Waals surface area contributed by atoms with Crippen LogP contribution in [0.15, 0.2) is 48.5 Å². The van der Waals surface area contributed by atoms with Crippen LogP contribution in [0.1, 0.15) is 62.3 Å². The molecule has 2 aromatic carbocycles. The maximum absolute atomic E-state index is 12.8. The average molecular weight is 350 g/mol. The maximum atomic E-state index is 12.8. The average Bonchev–Trinajstić information content (AvgIpc) is 2.58. The highest BCUT2D eigenvalue weighted by molar-refractivity contribution is 5.49. The van der Waals surface area contributed by atoms with Crippen molar-refractivity contribution in [3.05, 3.63) is 65.2 Å². The standard InChI is InChI=1S/C20H25F3N2/c1-4-5-19(16-6-10-17(11-7-16)20(21,22)23)25(24)18-12-8-15(9-13-18)14(2)3/h6-14,19H,4-5,24H2,1-3H3. The fourth-order valence-electron chi connectivity index (χ4n) is 2.85. The fourth-order valence-corrected chi connectivity index (χ4v) is 2.85. The van der Waals surface area contributed by atoms with Crippen LogP contribution >= 0.6 is 0 Å². The van der Waals surface area contributed by atoms with E-state index in [1.807, 2.05) is 31.2 Å². The molecular formula is C20H25F3N2. The molecule has 0 amide bonds. The first-order chi connectivity index (χ1) is 11.7. The van der Waals surface area contributed by atoms with E-state index in [1.165, 1.54) is 17.7 Å². The summed E-state index contributed by atoms with van der Waals surface area (Å²) in [7, 11) is 0. The van der Waals surface area contributed by atoms with Crippen LogP contribution in [-0.4, -0.2) is 0 Å². The maximum Gasteiger partial charge on any atom is 0.416 e. The van der Waals surface area contributed by atoms with E-state index in [-0.39, 0.29) is 6.04 Å². The minimum absolute atomic E-state index is 0.169. The normalized spacial score (nSPS) is 13.1. The number of rotatable bonds is 6. The van der Waals surface area contributed by atoms with Gasteiger partial charge in [0.1, 0.15) is 0 Å². The van der Waals surface area contributed by atoms with Crippen LogP contribution in [0.2, 0.25) is 0 Å². The lowest BCUT2D eigenvalue weighted by Gasteiger charge is -2.30. The second-order valence-corrected chi connectivity index (χ2v) is 6.58. The van der Waals surface area contributed by atoms with E-state index in [0.717, 1.165) is 36.2 Å². The predicted molar refractivity (Wildman–Crippen MR) is 96.3 cm³/mol. The summed E-state index contributed by atoms with van der Waals surface area (Å²) in [6.45, 7) is 6.28. The van der Waals surface area contributed by atoms with Crippen molar-refractivity contribution in [1.82, 2.24) is 0 Å². The van der Waals surface area contributed by atoms with Gasteiger partial charge in [0.15, 0.2) is 0 Å². The number of hydrogen-bond acceptors (Lipinski definition) is 2. The third kappa shape index (κ3) is 4.75. The van der Waals surface area contributed by atoms with Gasteiger partial charge in [-0.05, 0) is 47.7 Å². The molecule has 2 nitrogen and oxygen atoms in total. The molecule has 25 heavy (non-hydrogen) atoms. The third-order valence-electron chi connectivity index (χ3n) is 4.38. The molecule has 0 spiro atoms. The molecule has 0 saturated heterocycles. The minimum atomic E-state index is -4.33. The lowest BCUT2D eigenvalue weighted by Crippen LogP contribution is -2.35. The first-order valence-electron chi connectivity index (χ1n) is 8.55. The number of alkyl halides is 3. The van der Waals surface area contributed by atoms with Crippen LogP contribution in [0.4, 0.5) is 18.9 Å². The molecule has 0 radical (unpaired) electrons. The number of hydrogen-bond donors (Lipinski definition) is 1. The van der Waals surface area contributed by atoms with E-state index >= 15 is 0 Å². The fraction of sp³-hybridized carbons (Fsp3) is 0.400. The van der Waals surface area contributed by atoms with Crippen molar-refractivity contribution in [2.45, 2.75) is 51.7 Å². The molecule has 2 N–H and O–H groups in total. The van der Waals surface area contributed by atoms with E-state index in [0.29, 0.717) is 5.92 Å². The summed E-state index contributed by atoms with van der Waals surface area (Å²) >= 11 is 0. The summed E-state index contributed by atoms with van der Waals surface area (Å²) in [5.74, 6) is 6.75. The summed E-state index contributed by atoms with van der Waals surface area (Å²) < 4.78 is 38.3. The van der Waals surface area contributed by atoms with Gasteiger partial charge in [0.2, 0.25) is 0 Å². The summed E-state index contributed by atoms with van der Waals surface area (Å²) in [6.07, 6.45) is -2.69. The smallest absolute Gasteiger partial charge is 0.304 e. The lowest BCUT2D eigenvalue weighted by molar-refractivity contribution is -0.137. The zero-order valence-corrected chi connectivity index (χ0v) is 14.8. The molecule has 136 valence electrons. The Balaban J connectivity index is 2.27. The van der Waals surface area contributed by atoms with Crippen molar-refractivity contribution in [3.63, 3.8) is 0 Å². The van der Waals surface area contributed by atoms with Crippen LogP contribution in [0.5, 0.6) is 0 Å². The second-order valence-electron chi connectivity index (χ2n) is 6.58. The van der Waals surface area contributed by atoms with Crippen LogP contribution in [0.3, 0.4) is 0 Å². The van der Waals surface area contributed by atoms with E-state index in [2.05, 4.69) is 13.8 Å². The van der Waals surface area contributed by atoms with Crippen molar-refractivity contribution in [2.75, 3.05) is 5.01 Å². The van der Waals surface area contributed by atoms with E-state index in [4.69, 9.17) is 5.84 Å². The van der Waals surface area contributed by atoms with Crippen molar-refractivity contribution in [2.24, 2.45) is 5.84 Å². The molecule has 2 rings (SSSR count). The number of hydrazine groups is 1. The van der Waals surface area contributed by atoms with Gasteiger partial charge in [0.25, 0.3) is 0 Å². The molecule has 1 atom stereocenters. The molecule has 1 unspecified atom stereocenters. The number of benzene rings is 2. The Morgan fingerprint density at radius 1 is 0.920 bits per heavy atom. The third-order valence-corrected chi connectivity index (χ3v) is 4.38. The highest BCUT2D eigenvalue weighted by Gasteiger charge is 2.30. The molecule has 0 aliphatic rings. The van der Waals surface area contributed by atoms with Crippen LogP contribution in [0, 0.1) is 0 Å². The molecule has 2 aromatic rings. The van der Waals surface area contributed by atoms with Crippen molar-refractivity contribution < 1.29 is 13.2 Å². The predicted octanol–water partition coefficient (Wildman–Crippen LogP) is 6.05. The molecule has 0 aromatic heterocycles. The summed E-state index contributed by atoms with van der Waals surface area (Å²) in [6, 6.07) is 13.1. The van der Waals surface area contributed by atoms with Crippen LogP contribution in [0.25, 0.3) is 0 Å². The molecular weight excluding hydrogens is 325 g/mol. The van der Waals surface area contributed by atoms with Gasteiger partial charge in [-0.25, -0.2) is 5.84 Å². The van der Waals surface area contributed by atoms with Gasteiger partial charge in [0, 0.05) is 0 Å². The number of anilines is 1. The first kappa shape index (κ1) is 19.3. The second kappa shape index (κ2) is 7.91. The van der Waals surface area contributed by atoms with Crippen molar-refractivity contribution in [3.8, 4) is 0 Å². The van der Waals surface area contributed by atoms with Gasteiger partial charge in [0.05, 0.1) is 17.3 Å². The van der Waals surface area contributed by atoms with Gasteiger partial charge >= 0.3 is 6.18 Å². The zero-order chi connectivity index (χ0) is 18.6. The molecule has 0 fully saturated rings. The Hall–Kier alpha value is -2.01. The van der Waals surface area contributed by atoms with Gasteiger partial charge in [-0.3, -0.25) is 0 Å². The number of nitrogens with two attached hydrogens (primary N) is 1. The van der Waals surface area contributed by atoms with Crippen LogP contribution in [-0.2, 0) is 6.18 Å². The zero-order valence-electron chi connectivity index (χ0n) is 14.8. The van der Waals surface area contributed by atoms with Gasteiger partial charge in [-0.2, -0.15) is 13.2 Å².